The van der Waals surface area contributed by atoms with E-state index in [4.69, 9.17) is 17.3 Å². The van der Waals surface area contributed by atoms with Crippen molar-refractivity contribution in [3.8, 4) is 10.4 Å². The van der Waals surface area contributed by atoms with Crippen molar-refractivity contribution in [2.45, 2.75) is 31.8 Å². The minimum atomic E-state index is -0.526. The van der Waals surface area contributed by atoms with E-state index in [0.717, 1.165) is 10.4 Å². The van der Waals surface area contributed by atoms with Gasteiger partial charge in [0.15, 0.2) is 0 Å². The van der Waals surface area contributed by atoms with Crippen LogP contribution in [-0.4, -0.2) is 33.8 Å². The smallest absolute Gasteiger partial charge is 0.274 e. The Bertz CT molecular complexity index is 852. The van der Waals surface area contributed by atoms with Crippen molar-refractivity contribution in [1.82, 2.24) is 9.88 Å². The molecule has 2 heterocycles. The number of benzene rings is 1. The molecular weight excluding hydrogens is 346 g/mol. The van der Waals surface area contributed by atoms with Gasteiger partial charge in [0.25, 0.3) is 5.91 Å². The molecule has 7 heteroatoms. The number of nitrogens with two attached hydrogens (primary N) is 1. The SMILES string of the molecule is C[C@H]1C[C@@]2(C(N)=O)C[C@@H]2N1C(=O)c1ncsc1-c1cccc(Cl)c1. The zero-order valence-corrected chi connectivity index (χ0v) is 14.6. The van der Waals surface area contributed by atoms with Crippen LogP contribution in [0.1, 0.15) is 30.3 Å². The van der Waals surface area contributed by atoms with Crippen molar-refractivity contribution >= 4 is 34.8 Å². The second kappa shape index (κ2) is 5.29. The molecule has 2 fully saturated rings. The third-order valence-electron chi connectivity index (χ3n) is 5.09. The largest absolute Gasteiger partial charge is 0.369 e. The lowest BCUT2D eigenvalue weighted by molar-refractivity contribution is -0.123. The number of nitrogens with zero attached hydrogens (tertiary/aromatic N) is 2. The van der Waals surface area contributed by atoms with Gasteiger partial charge in [0.1, 0.15) is 5.69 Å². The molecule has 4 rings (SSSR count). The highest BCUT2D eigenvalue weighted by atomic mass is 35.5. The fourth-order valence-corrected chi connectivity index (χ4v) is 4.83. The number of hydrogen-bond donors (Lipinski definition) is 1. The van der Waals surface area contributed by atoms with Crippen LogP contribution in [0.15, 0.2) is 29.8 Å². The topological polar surface area (TPSA) is 76.3 Å². The highest BCUT2D eigenvalue weighted by Gasteiger charge is 2.68. The summed E-state index contributed by atoms with van der Waals surface area (Å²) in [5, 5.41) is 0.615. The quantitative estimate of drug-likeness (QED) is 0.913. The molecule has 24 heavy (non-hydrogen) atoms. The Hall–Kier alpha value is -1.92. The Labute approximate surface area is 148 Å². The van der Waals surface area contributed by atoms with Crippen LogP contribution in [0.2, 0.25) is 5.02 Å². The van der Waals surface area contributed by atoms with E-state index in [1.54, 1.807) is 16.5 Å². The number of thiazole rings is 1. The third kappa shape index (κ3) is 2.17. The summed E-state index contributed by atoms with van der Waals surface area (Å²) < 4.78 is 0. The number of primary amides is 1. The van der Waals surface area contributed by atoms with E-state index in [1.807, 2.05) is 25.1 Å². The molecule has 2 amide bonds. The fourth-order valence-electron chi connectivity index (χ4n) is 3.87. The first-order valence-electron chi connectivity index (χ1n) is 7.76. The highest BCUT2D eigenvalue weighted by Crippen LogP contribution is 2.59. The lowest BCUT2D eigenvalue weighted by atomic mass is 10.00. The van der Waals surface area contributed by atoms with Crippen molar-refractivity contribution in [3.05, 3.63) is 40.5 Å². The number of aromatic nitrogens is 1. The maximum atomic E-state index is 13.1. The summed E-state index contributed by atoms with van der Waals surface area (Å²) in [5.74, 6) is -0.438. The van der Waals surface area contributed by atoms with Gasteiger partial charge in [0.2, 0.25) is 5.91 Å². The molecule has 1 saturated carbocycles. The molecule has 1 aromatic carbocycles. The molecule has 1 aliphatic carbocycles. The molecule has 1 saturated heterocycles. The predicted molar refractivity (Wildman–Crippen MR) is 92.8 cm³/mol. The van der Waals surface area contributed by atoms with E-state index < -0.39 is 5.41 Å². The Morgan fingerprint density at radius 1 is 1.42 bits per heavy atom. The van der Waals surface area contributed by atoms with Crippen LogP contribution in [0, 0.1) is 5.41 Å². The normalized spacial score (nSPS) is 27.8. The molecule has 1 aliphatic heterocycles. The van der Waals surface area contributed by atoms with E-state index in [-0.39, 0.29) is 23.9 Å². The van der Waals surface area contributed by atoms with Crippen LogP contribution < -0.4 is 5.73 Å². The molecule has 3 atom stereocenters. The number of carbonyl (C=O) groups is 2. The van der Waals surface area contributed by atoms with Crippen molar-refractivity contribution in [3.63, 3.8) is 0 Å². The van der Waals surface area contributed by atoms with Crippen LogP contribution in [-0.2, 0) is 4.79 Å². The Balaban J connectivity index is 1.68. The number of amides is 2. The Morgan fingerprint density at radius 3 is 2.88 bits per heavy atom. The number of carbonyl (C=O) groups excluding carboxylic acids is 2. The monoisotopic (exact) mass is 361 g/mol. The molecule has 0 bridgehead atoms. The van der Waals surface area contributed by atoms with E-state index in [2.05, 4.69) is 4.98 Å². The second-order valence-corrected chi connectivity index (χ2v) is 7.84. The van der Waals surface area contributed by atoms with E-state index in [1.165, 1.54) is 11.3 Å². The number of fused-ring (bicyclic) bond motifs is 1. The minimum Gasteiger partial charge on any atom is -0.369 e. The molecule has 2 N–H and O–H groups in total. The summed E-state index contributed by atoms with van der Waals surface area (Å²) >= 11 is 7.48. The van der Waals surface area contributed by atoms with Gasteiger partial charge in [-0.1, -0.05) is 23.7 Å². The summed E-state index contributed by atoms with van der Waals surface area (Å²) in [6.07, 6.45) is 1.30. The molecule has 124 valence electrons. The Kier molecular flexibility index (Phi) is 3.44. The number of hydrogen-bond acceptors (Lipinski definition) is 4. The van der Waals surface area contributed by atoms with Gasteiger partial charge in [-0.2, -0.15) is 0 Å². The van der Waals surface area contributed by atoms with Crippen LogP contribution in [0.3, 0.4) is 0 Å². The lowest BCUT2D eigenvalue weighted by Crippen LogP contribution is -2.37. The average Bonchev–Trinajstić information content (AvgIpc) is 2.94. The summed E-state index contributed by atoms with van der Waals surface area (Å²) in [6.45, 7) is 1.96. The number of likely N-dealkylation sites (tertiary alicyclic amines) is 1. The van der Waals surface area contributed by atoms with Crippen molar-refractivity contribution in [2.75, 3.05) is 0 Å². The minimum absolute atomic E-state index is 0.0161. The number of piperidine rings is 1. The average molecular weight is 362 g/mol. The lowest BCUT2D eigenvalue weighted by Gasteiger charge is -2.24. The first-order valence-corrected chi connectivity index (χ1v) is 9.02. The van der Waals surface area contributed by atoms with Gasteiger partial charge >= 0.3 is 0 Å². The summed E-state index contributed by atoms with van der Waals surface area (Å²) in [7, 11) is 0. The molecular formula is C17H16ClN3O2S. The van der Waals surface area contributed by atoms with E-state index >= 15 is 0 Å². The first kappa shape index (κ1) is 15.6. The van der Waals surface area contributed by atoms with Crippen molar-refractivity contribution < 1.29 is 9.59 Å². The molecule has 2 aliphatic rings. The van der Waals surface area contributed by atoms with Gasteiger partial charge in [-0.3, -0.25) is 9.59 Å². The molecule has 0 radical (unpaired) electrons. The molecule has 0 unspecified atom stereocenters. The molecule has 0 spiro atoms. The van der Waals surface area contributed by atoms with Crippen molar-refractivity contribution in [1.29, 1.82) is 0 Å². The Morgan fingerprint density at radius 2 is 2.21 bits per heavy atom. The maximum absolute atomic E-state index is 13.1. The first-order chi connectivity index (χ1) is 11.4. The van der Waals surface area contributed by atoms with Gasteiger partial charge in [0.05, 0.1) is 15.8 Å². The zero-order chi connectivity index (χ0) is 17.1. The number of rotatable bonds is 3. The number of halogens is 1. The third-order valence-corrected chi connectivity index (χ3v) is 6.20. The molecule has 2 aromatic rings. The predicted octanol–water partition coefficient (Wildman–Crippen LogP) is 2.94. The molecule has 5 nitrogen and oxygen atoms in total. The summed E-state index contributed by atoms with van der Waals surface area (Å²) in [6, 6.07) is 7.27. The van der Waals surface area contributed by atoms with Crippen LogP contribution >= 0.6 is 22.9 Å². The molecule has 1 aromatic heterocycles. The van der Waals surface area contributed by atoms with Gasteiger partial charge < -0.3 is 10.6 Å². The van der Waals surface area contributed by atoms with E-state index in [0.29, 0.717) is 23.6 Å². The van der Waals surface area contributed by atoms with Gasteiger partial charge in [-0.05, 0) is 37.5 Å². The summed E-state index contributed by atoms with van der Waals surface area (Å²) in [5.41, 5.74) is 7.98. The van der Waals surface area contributed by atoms with Crippen molar-refractivity contribution in [2.24, 2.45) is 11.1 Å². The second-order valence-electron chi connectivity index (χ2n) is 6.55. The van der Waals surface area contributed by atoms with Crippen LogP contribution in [0.5, 0.6) is 0 Å². The fraction of sp³-hybridized carbons (Fsp3) is 0.353. The summed E-state index contributed by atoms with van der Waals surface area (Å²) in [4.78, 5) is 31.7. The maximum Gasteiger partial charge on any atom is 0.274 e. The van der Waals surface area contributed by atoms with Crippen LogP contribution in [0.25, 0.3) is 10.4 Å². The van der Waals surface area contributed by atoms with Crippen LogP contribution in [0.4, 0.5) is 0 Å². The van der Waals surface area contributed by atoms with Gasteiger partial charge in [-0.25, -0.2) is 4.98 Å². The van der Waals surface area contributed by atoms with Gasteiger partial charge in [0, 0.05) is 17.1 Å². The zero-order valence-electron chi connectivity index (χ0n) is 13.0. The van der Waals surface area contributed by atoms with Gasteiger partial charge in [-0.15, -0.1) is 11.3 Å². The highest BCUT2D eigenvalue weighted by molar-refractivity contribution is 7.13. The van der Waals surface area contributed by atoms with E-state index in [9.17, 15) is 9.59 Å². The standard InChI is InChI=1S/C17H16ClN3O2S/c1-9-6-17(16(19)23)7-12(17)21(9)15(22)13-14(24-8-20-13)10-3-2-4-11(18)5-10/h2-5,8-9,12H,6-7H2,1H3,(H2,19,23)/t9-,12-,17+/m0/s1.